The van der Waals surface area contributed by atoms with Crippen molar-refractivity contribution >= 4 is 5.78 Å². The van der Waals surface area contributed by atoms with Crippen molar-refractivity contribution in [2.24, 2.45) is 21.1 Å². The summed E-state index contributed by atoms with van der Waals surface area (Å²) in [5.41, 5.74) is 0.912. The van der Waals surface area contributed by atoms with Crippen molar-refractivity contribution in [1.82, 2.24) is 5.32 Å². The fourth-order valence-electron chi connectivity index (χ4n) is 4.27. The molecule has 3 aliphatic heterocycles. The van der Waals surface area contributed by atoms with E-state index in [1.54, 1.807) is 20.0 Å². The fraction of sp³-hybridized carbons (Fsp3) is 0.688. The standard InChI is InChI=1S/C16H20FN3O2/c1-15(2)7-10(21)11-12(13(15)17)19-14-9(8-18-20-14)16(11)3-5-22-6-4-16/h8,13-14,19H,3-7H2,1-2H3/t13-,14?/m1/s1. The number of Topliss-reactive ketones (excluding diaryl/α,β-unsaturated/α-hetero) is 1. The van der Waals surface area contributed by atoms with E-state index in [9.17, 15) is 4.79 Å². The first-order valence-corrected chi connectivity index (χ1v) is 7.82. The monoisotopic (exact) mass is 305 g/mol. The number of halogens is 1. The highest BCUT2D eigenvalue weighted by molar-refractivity contribution is 6.00. The van der Waals surface area contributed by atoms with Crippen LogP contribution in [0.25, 0.3) is 0 Å². The summed E-state index contributed by atoms with van der Waals surface area (Å²) < 4.78 is 20.6. The molecular weight excluding hydrogens is 285 g/mol. The van der Waals surface area contributed by atoms with Gasteiger partial charge in [-0.05, 0) is 12.8 Å². The van der Waals surface area contributed by atoms with E-state index in [0.717, 1.165) is 5.57 Å². The van der Waals surface area contributed by atoms with Gasteiger partial charge in [-0.1, -0.05) is 13.8 Å². The molecule has 1 N–H and O–H groups in total. The van der Waals surface area contributed by atoms with Gasteiger partial charge in [-0.25, -0.2) is 4.39 Å². The Hall–Kier alpha value is -1.56. The van der Waals surface area contributed by atoms with Gasteiger partial charge in [-0.15, -0.1) is 0 Å². The lowest BCUT2D eigenvalue weighted by Crippen LogP contribution is -2.54. The Balaban J connectivity index is 1.91. The Morgan fingerprint density at radius 3 is 2.82 bits per heavy atom. The van der Waals surface area contributed by atoms with E-state index in [4.69, 9.17) is 4.74 Å². The fourth-order valence-corrected chi connectivity index (χ4v) is 4.27. The van der Waals surface area contributed by atoms with Crippen molar-refractivity contribution in [1.29, 1.82) is 0 Å². The average Bonchev–Trinajstić information content (AvgIpc) is 2.94. The lowest BCUT2D eigenvalue weighted by Gasteiger charge is -2.50. The summed E-state index contributed by atoms with van der Waals surface area (Å²) in [6.07, 6.45) is 1.85. The van der Waals surface area contributed by atoms with Gasteiger partial charge >= 0.3 is 0 Å². The van der Waals surface area contributed by atoms with Crippen LogP contribution in [0, 0.1) is 10.8 Å². The van der Waals surface area contributed by atoms with Gasteiger partial charge in [0.15, 0.2) is 11.9 Å². The van der Waals surface area contributed by atoms with E-state index in [1.165, 1.54) is 0 Å². The number of fused-ring (bicyclic) bond motifs is 3. The zero-order chi connectivity index (χ0) is 15.5. The Morgan fingerprint density at radius 1 is 1.36 bits per heavy atom. The van der Waals surface area contributed by atoms with Crippen molar-refractivity contribution in [2.75, 3.05) is 13.2 Å². The third-order valence-corrected chi connectivity index (χ3v) is 5.45. The number of nitrogens with zero attached hydrogens (tertiary/aromatic N) is 2. The maximum Gasteiger partial charge on any atom is 0.164 e. The quantitative estimate of drug-likeness (QED) is 0.748. The highest BCUT2D eigenvalue weighted by Gasteiger charge is 2.56. The number of azo groups is 1. The number of ether oxygens (including phenoxy) is 1. The van der Waals surface area contributed by atoms with Crippen LogP contribution in [0.3, 0.4) is 0 Å². The lowest BCUT2D eigenvalue weighted by molar-refractivity contribution is -0.121. The topological polar surface area (TPSA) is 63.0 Å². The van der Waals surface area contributed by atoms with E-state index in [0.29, 0.717) is 37.3 Å². The Kier molecular flexibility index (Phi) is 2.86. The molecular formula is C16H20FN3O2. The summed E-state index contributed by atoms with van der Waals surface area (Å²) in [4.78, 5) is 12.9. The highest BCUT2D eigenvalue weighted by atomic mass is 19.1. The molecule has 0 amide bonds. The molecule has 0 bridgehead atoms. The van der Waals surface area contributed by atoms with Crippen LogP contribution in [0.5, 0.6) is 0 Å². The predicted octanol–water partition coefficient (Wildman–Crippen LogP) is 2.65. The molecule has 6 heteroatoms. The number of hydrogen-bond donors (Lipinski definition) is 1. The summed E-state index contributed by atoms with van der Waals surface area (Å²) in [5.74, 6) is 0.0505. The number of alkyl halides is 1. The van der Waals surface area contributed by atoms with Crippen LogP contribution in [0.2, 0.25) is 0 Å². The van der Waals surface area contributed by atoms with E-state index < -0.39 is 17.0 Å². The van der Waals surface area contributed by atoms with Crippen LogP contribution in [0.1, 0.15) is 33.1 Å². The smallest absolute Gasteiger partial charge is 0.164 e. The van der Waals surface area contributed by atoms with E-state index in [1.807, 2.05) is 0 Å². The third-order valence-electron chi connectivity index (χ3n) is 5.45. The van der Waals surface area contributed by atoms with Gasteiger partial charge in [0, 0.05) is 41.6 Å². The van der Waals surface area contributed by atoms with Gasteiger partial charge in [0.2, 0.25) is 0 Å². The maximum atomic E-state index is 15.1. The maximum absolute atomic E-state index is 15.1. The minimum absolute atomic E-state index is 0.0505. The molecule has 4 rings (SSSR count). The molecule has 1 fully saturated rings. The van der Waals surface area contributed by atoms with Gasteiger partial charge in [-0.2, -0.15) is 10.2 Å². The molecule has 3 heterocycles. The number of ketones is 1. The first-order valence-electron chi connectivity index (χ1n) is 7.82. The SMILES string of the molecule is CC1(C)CC(=O)C2=C(NC3N=NC=C3C23CCOCC3)[C@H]1F. The number of rotatable bonds is 0. The Labute approximate surface area is 128 Å². The molecule has 4 aliphatic rings. The molecule has 1 aliphatic carbocycles. The van der Waals surface area contributed by atoms with Crippen molar-refractivity contribution in [3.63, 3.8) is 0 Å². The molecule has 1 spiro atoms. The second-order valence-electron chi connectivity index (χ2n) is 7.30. The van der Waals surface area contributed by atoms with Crippen molar-refractivity contribution < 1.29 is 13.9 Å². The first kappa shape index (κ1) is 14.1. The van der Waals surface area contributed by atoms with E-state index in [-0.39, 0.29) is 18.4 Å². The van der Waals surface area contributed by atoms with Crippen molar-refractivity contribution in [3.05, 3.63) is 23.0 Å². The third kappa shape index (κ3) is 1.70. The summed E-state index contributed by atoms with van der Waals surface area (Å²) >= 11 is 0. The van der Waals surface area contributed by atoms with Crippen molar-refractivity contribution in [2.45, 2.75) is 45.4 Å². The zero-order valence-corrected chi connectivity index (χ0v) is 12.9. The average molecular weight is 305 g/mol. The predicted molar refractivity (Wildman–Crippen MR) is 77.7 cm³/mol. The van der Waals surface area contributed by atoms with Crippen LogP contribution in [0.15, 0.2) is 33.3 Å². The number of carbonyl (C=O) groups is 1. The van der Waals surface area contributed by atoms with Crippen LogP contribution >= 0.6 is 0 Å². The second-order valence-corrected chi connectivity index (χ2v) is 7.30. The summed E-state index contributed by atoms with van der Waals surface area (Å²) in [6, 6.07) is 0. The molecule has 0 saturated carbocycles. The summed E-state index contributed by atoms with van der Waals surface area (Å²) in [6.45, 7) is 4.77. The van der Waals surface area contributed by atoms with Gasteiger partial charge < -0.3 is 10.1 Å². The second kappa shape index (κ2) is 4.47. The largest absolute Gasteiger partial charge is 0.381 e. The summed E-state index contributed by atoms with van der Waals surface area (Å²) in [7, 11) is 0. The molecule has 1 saturated heterocycles. The van der Waals surface area contributed by atoms with Crippen LogP contribution < -0.4 is 5.32 Å². The van der Waals surface area contributed by atoms with Crippen LogP contribution in [-0.4, -0.2) is 31.3 Å². The van der Waals surface area contributed by atoms with Crippen LogP contribution in [-0.2, 0) is 9.53 Å². The molecule has 118 valence electrons. The minimum Gasteiger partial charge on any atom is -0.381 e. The Morgan fingerprint density at radius 2 is 2.09 bits per heavy atom. The molecule has 0 aromatic carbocycles. The van der Waals surface area contributed by atoms with Crippen molar-refractivity contribution in [3.8, 4) is 0 Å². The van der Waals surface area contributed by atoms with Crippen LogP contribution in [0.4, 0.5) is 4.39 Å². The molecule has 0 radical (unpaired) electrons. The highest BCUT2D eigenvalue weighted by Crippen LogP contribution is 2.55. The minimum atomic E-state index is -1.18. The van der Waals surface area contributed by atoms with Gasteiger partial charge in [-0.3, -0.25) is 4.79 Å². The van der Waals surface area contributed by atoms with E-state index >= 15 is 4.39 Å². The normalized spacial score (nSPS) is 35.0. The zero-order valence-electron chi connectivity index (χ0n) is 12.9. The molecule has 0 aromatic heterocycles. The molecule has 2 atom stereocenters. The molecule has 22 heavy (non-hydrogen) atoms. The Bertz CT molecular complexity index is 629. The van der Waals surface area contributed by atoms with E-state index in [2.05, 4.69) is 15.5 Å². The lowest BCUT2D eigenvalue weighted by atomic mass is 9.59. The molecule has 5 nitrogen and oxygen atoms in total. The molecule has 1 unspecified atom stereocenters. The number of allylic oxidation sites excluding steroid dienone is 2. The van der Waals surface area contributed by atoms with Gasteiger partial charge in [0.05, 0.1) is 11.9 Å². The first-order chi connectivity index (χ1) is 10.5. The number of carbonyl (C=O) groups excluding carboxylic acids is 1. The van der Waals surface area contributed by atoms with Gasteiger partial charge in [0.1, 0.15) is 6.17 Å². The van der Waals surface area contributed by atoms with Gasteiger partial charge in [0.25, 0.3) is 0 Å². The number of nitrogens with one attached hydrogen (secondary N) is 1. The summed E-state index contributed by atoms with van der Waals surface area (Å²) in [5, 5.41) is 11.3. The molecule has 0 aromatic rings. The number of hydrogen-bond acceptors (Lipinski definition) is 5.